The number of hydrogen-bond donors (Lipinski definition) is 1. The number of hydrogen-bond acceptors (Lipinski definition) is 2. The van der Waals surface area contributed by atoms with E-state index in [1.54, 1.807) is 0 Å². The maximum atomic E-state index is 12.6. The summed E-state index contributed by atoms with van der Waals surface area (Å²) in [6.45, 7) is 7.25. The third-order valence-electron chi connectivity index (χ3n) is 4.89. The van der Waals surface area contributed by atoms with Gasteiger partial charge in [0.25, 0.3) is 0 Å². The summed E-state index contributed by atoms with van der Waals surface area (Å²) in [6.07, 6.45) is 5.62. The molecule has 1 saturated heterocycles. The highest BCUT2D eigenvalue weighted by molar-refractivity contribution is 5.94. The Balaban J connectivity index is 1.84. The molecule has 2 aliphatic rings. The van der Waals surface area contributed by atoms with Gasteiger partial charge in [0.2, 0.25) is 0 Å². The molecular weight excluding hydrogens is 274 g/mol. The number of anilines is 2. The van der Waals surface area contributed by atoms with Gasteiger partial charge in [0.1, 0.15) is 0 Å². The van der Waals surface area contributed by atoms with Gasteiger partial charge in [-0.2, -0.15) is 0 Å². The lowest BCUT2D eigenvalue weighted by molar-refractivity contribution is 0.242. The first-order valence-electron chi connectivity index (χ1n) is 8.65. The van der Waals surface area contributed by atoms with Crippen LogP contribution in [-0.4, -0.2) is 31.7 Å². The highest BCUT2D eigenvalue weighted by atomic mass is 16.2. The van der Waals surface area contributed by atoms with Crippen LogP contribution in [0, 0.1) is 0 Å². The average Bonchev–Trinajstić information content (AvgIpc) is 3.08. The first-order chi connectivity index (χ1) is 10.7. The lowest BCUT2D eigenvalue weighted by Gasteiger charge is -2.32. The maximum absolute atomic E-state index is 12.6. The number of fused-ring (bicyclic) bond motifs is 1. The molecule has 0 spiro atoms. The van der Waals surface area contributed by atoms with Crippen molar-refractivity contribution in [1.82, 2.24) is 5.32 Å². The van der Waals surface area contributed by atoms with Gasteiger partial charge in [-0.3, -0.25) is 4.90 Å². The average molecular weight is 301 g/mol. The monoisotopic (exact) mass is 301 g/mol. The lowest BCUT2D eigenvalue weighted by Crippen LogP contribution is -2.46. The third-order valence-corrected chi connectivity index (χ3v) is 4.89. The Labute approximate surface area is 133 Å². The van der Waals surface area contributed by atoms with Gasteiger partial charge in [-0.15, -0.1) is 0 Å². The van der Waals surface area contributed by atoms with Crippen molar-refractivity contribution in [1.29, 1.82) is 0 Å². The van der Waals surface area contributed by atoms with Crippen molar-refractivity contribution in [3.05, 3.63) is 23.8 Å². The van der Waals surface area contributed by atoms with Gasteiger partial charge in [-0.25, -0.2) is 4.79 Å². The Kier molecular flexibility index (Phi) is 4.55. The molecule has 1 unspecified atom stereocenters. The Hall–Kier alpha value is -1.71. The fourth-order valence-corrected chi connectivity index (χ4v) is 3.34. The van der Waals surface area contributed by atoms with E-state index in [2.05, 4.69) is 42.3 Å². The van der Waals surface area contributed by atoms with Gasteiger partial charge in [-0.05, 0) is 56.7 Å². The highest BCUT2D eigenvalue weighted by Gasteiger charge is 2.24. The van der Waals surface area contributed by atoms with E-state index in [0.717, 1.165) is 44.6 Å². The van der Waals surface area contributed by atoms with E-state index in [-0.39, 0.29) is 12.1 Å². The summed E-state index contributed by atoms with van der Waals surface area (Å²) in [5.41, 5.74) is 3.67. The largest absolute Gasteiger partial charge is 0.371 e. The molecule has 0 aromatic heterocycles. The van der Waals surface area contributed by atoms with Crippen LogP contribution in [0.25, 0.3) is 0 Å². The first-order valence-corrected chi connectivity index (χ1v) is 8.65. The molecule has 3 rings (SSSR count). The minimum Gasteiger partial charge on any atom is -0.371 e. The van der Waals surface area contributed by atoms with Gasteiger partial charge >= 0.3 is 6.03 Å². The van der Waals surface area contributed by atoms with Crippen molar-refractivity contribution in [2.75, 3.05) is 29.4 Å². The second-order valence-corrected chi connectivity index (χ2v) is 6.52. The lowest BCUT2D eigenvalue weighted by atomic mass is 10.0. The highest BCUT2D eigenvalue weighted by Crippen LogP contribution is 2.32. The van der Waals surface area contributed by atoms with Crippen LogP contribution in [0.2, 0.25) is 0 Å². The summed E-state index contributed by atoms with van der Waals surface area (Å²) in [6, 6.07) is 6.93. The van der Waals surface area contributed by atoms with Gasteiger partial charge in [0.05, 0.1) is 5.69 Å². The van der Waals surface area contributed by atoms with Crippen molar-refractivity contribution in [2.45, 2.75) is 52.0 Å². The smallest absolute Gasteiger partial charge is 0.322 e. The summed E-state index contributed by atoms with van der Waals surface area (Å²) in [5.74, 6) is 0. The van der Waals surface area contributed by atoms with E-state index in [1.807, 2.05) is 4.90 Å². The molecule has 22 heavy (non-hydrogen) atoms. The van der Waals surface area contributed by atoms with Crippen LogP contribution < -0.4 is 15.1 Å². The molecule has 4 heteroatoms. The van der Waals surface area contributed by atoms with E-state index in [1.165, 1.54) is 24.1 Å². The van der Waals surface area contributed by atoms with Crippen LogP contribution in [0.3, 0.4) is 0 Å². The zero-order chi connectivity index (χ0) is 15.5. The minimum absolute atomic E-state index is 0.0499. The van der Waals surface area contributed by atoms with Gasteiger partial charge in [0, 0.05) is 31.4 Å². The fraction of sp³-hybridized carbons (Fsp3) is 0.611. The summed E-state index contributed by atoms with van der Waals surface area (Å²) in [7, 11) is 0. The number of nitrogens with one attached hydrogen (secondary N) is 1. The SMILES string of the molecule is CCC(C)NC(=O)N1CCCc2ccc(N3CCCC3)cc21. The van der Waals surface area contributed by atoms with Gasteiger partial charge in [0.15, 0.2) is 0 Å². The number of carbonyl (C=O) groups excluding carboxylic acids is 1. The molecule has 1 aromatic rings. The normalized spacial score (nSPS) is 19.0. The zero-order valence-corrected chi connectivity index (χ0v) is 13.8. The van der Waals surface area contributed by atoms with Crippen LogP contribution >= 0.6 is 0 Å². The second kappa shape index (κ2) is 6.59. The predicted octanol–water partition coefficient (Wildman–Crippen LogP) is 3.55. The topological polar surface area (TPSA) is 35.6 Å². The van der Waals surface area contributed by atoms with E-state index < -0.39 is 0 Å². The molecule has 1 atom stereocenters. The molecule has 1 aromatic carbocycles. The van der Waals surface area contributed by atoms with Gasteiger partial charge in [-0.1, -0.05) is 13.0 Å². The van der Waals surface area contributed by atoms with Crippen molar-refractivity contribution in [3.63, 3.8) is 0 Å². The van der Waals surface area contributed by atoms with E-state index >= 15 is 0 Å². The number of nitrogens with zero attached hydrogens (tertiary/aromatic N) is 2. The number of benzene rings is 1. The third kappa shape index (κ3) is 3.06. The predicted molar refractivity (Wildman–Crippen MR) is 91.8 cm³/mol. The molecule has 0 aliphatic carbocycles. The Morgan fingerprint density at radius 2 is 2.00 bits per heavy atom. The molecule has 2 aliphatic heterocycles. The standard InChI is InChI=1S/C18H27N3O/c1-3-14(2)19-18(22)21-12-6-7-15-8-9-16(13-17(15)21)20-10-4-5-11-20/h8-9,13-14H,3-7,10-12H2,1-2H3,(H,19,22). The fourth-order valence-electron chi connectivity index (χ4n) is 3.34. The van der Waals surface area contributed by atoms with E-state index in [9.17, 15) is 4.79 Å². The van der Waals surface area contributed by atoms with Crippen molar-refractivity contribution >= 4 is 17.4 Å². The Morgan fingerprint density at radius 3 is 2.73 bits per heavy atom. The molecule has 2 amide bonds. The number of aryl methyl sites for hydroxylation is 1. The summed E-state index contributed by atoms with van der Waals surface area (Å²) < 4.78 is 0. The van der Waals surface area contributed by atoms with Crippen LogP contribution in [0.15, 0.2) is 18.2 Å². The van der Waals surface area contributed by atoms with E-state index in [4.69, 9.17) is 0 Å². The van der Waals surface area contributed by atoms with Crippen molar-refractivity contribution in [3.8, 4) is 0 Å². The van der Waals surface area contributed by atoms with Crippen molar-refractivity contribution < 1.29 is 4.79 Å². The number of amides is 2. The summed E-state index contributed by atoms with van der Waals surface area (Å²) in [4.78, 5) is 16.9. The minimum atomic E-state index is 0.0499. The first kappa shape index (κ1) is 15.2. The van der Waals surface area contributed by atoms with Crippen molar-refractivity contribution in [2.24, 2.45) is 0 Å². The quantitative estimate of drug-likeness (QED) is 0.926. The molecular formula is C18H27N3O. The molecule has 0 radical (unpaired) electrons. The molecule has 4 nitrogen and oxygen atoms in total. The summed E-state index contributed by atoms with van der Waals surface area (Å²) in [5, 5.41) is 3.10. The molecule has 1 fully saturated rings. The molecule has 1 N–H and O–H groups in total. The number of urea groups is 1. The zero-order valence-electron chi connectivity index (χ0n) is 13.8. The molecule has 0 bridgehead atoms. The number of rotatable bonds is 3. The van der Waals surface area contributed by atoms with E-state index in [0.29, 0.717) is 0 Å². The maximum Gasteiger partial charge on any atom is 0.322 e. The Morgan fingerprint density at radius 1 is 1.23 bits per heavy atom. The summed E-state index contributed by atoms with van der Waals surface area (Å²) >= 11 is 0. The molecule has 120 valence electrons. The Bertz CT molecular complexity index is 537. The number of carbonyl (C=O) groups is 1. The van der Waals surface area contributed by atoms with Crippen LogP contribution in [0.1, 0.15) is 45.1 Å². The molecule has 0 saturated carbocycles. The van der Waals surface area contributed by atoms with Crippen LogP contribution in [-0.2, 0) is 6.42 Å². The van der Waals surface area contributed by atoms with Gasteiger partial charge < -0.3 is 10.2 Å². The molecule has 2 heterocycles. The van der Waals surface area contributed by atoms with Crippen LogP contribution in [0.5, 0.6) is 0 Å². The second-order valence-electron chi connectivity index (χ2n) is 6.52. The van der Waals surface area contributed by atoms with Crippen LogP contribution in [0.4, 0.5) is 16.2 Å².